The maximum Gasteiger partial charge on any atom is 0.356 e. The Morgan fingerprint density at radius 3 is 2.65 bits per heavy atom. The van der Waals surface area contributed by atoms with Crippen LogP contribution in [0.4, 0.5) is 0 Å². The standard InChI is InChI=1S/C14H15ClN2O3/c1-4-9-10(15)5-8(6-13(9)20-3)12-7-11(14(18)19)16-17(12)2/h5-7H,4H2,1-3H3,(H,18,19). The second-order valence-corrected chi connectivity index (χ2v) is 4.74. The number of carboxylic acid groups (broad SMARTS) is 1. The van der Waals surface area contributed by atoms with Gasteiger partial charge in [0.1, 0.15) is 5.75 Å². The maximum absolute atomic E-state index is 11.0. The molecule has 0 amide bonds. The molecule has 0 unspecified atom stereocenters. The lowest BCUT2D eigenvalue weighted by Gasteiger charge is -2.11. The zero-order valence-electron chi connectivity index (χ0n) is 11.5. The number of aryl methyl sites for hydroxylation is 1. The van der Waals surface area contributed by atoms with E-state index in [1.54, 1.807) is 20.2 Å². The first-order chi connectivity index (χ1) is 9.47. The van der Waals surface area contributed by atoms with Crippen molar-refractivity contribution in [2.45, 2.75) is 13.3 Å². The molecule has 1 aromatic heterocycles. The summed E-state index contributed by atoms with van der Waals surface area (Å²) in [5.74, 6) is -0.372. The van der Waals surface area contributed by atoms with Gasteiger partial charge in [-0.15, -0.1) is 0 Å². The average Bonchev–Trinajstić information content (AvgIpc) is 2.80. The van der Waals surface area contributed by atoms with Crippen LogP contribution in [-0.2, 0) is 13.5 Å². The summed E-state index contributed by atoms with van der Waals surface area (Å²) in [6.45, 7) is 2.00. The van der Waals surface area contributed by atoms with Gasteiger partial charge in [-0.05, 0) is 24.6 Å². The number of hydrogen-bond donors (Lipinski definition) is 1. The summed E-state index contributed by atoms with van der Waals surface area (Å²) in [5.41, 5.74) is 2.37. The highest BCUT2D eigenvalue weighted by atomic mass is 35.5. The number of ether oxygens (including phenoxy) is 1. The largest absolute Gasteiger partial charge is 0.496 e. The van der Waals surface area contributed by atoms with Gasteiger partial charge in [0.15, 0.2) is 5.69 Å². The van der Waals surface area contributed by atoms with Crippen molar-refractivity contribution in [3.63, 3.8) is 0 Å². The molecule has 0 aliphatic rings. The van der Waals surface area contributed by atoms with Crippen LogP contribution in [0.15, 0.2) is 18.2 Å². The van der Waals surface area contributed by atoms with Gasteiger partial charge in [-0.1, -0.05) is 18.5 Å². The first-order valence-corrected chi connectivity index (χ1v) is 6.49. The van der Waals surface area contributed by atoms with Crippen LogP contribution in [0.5, 0.6) is 5.75 Å². The van der Waals surface area contributed by atoms with Crippen LogP contribution < -0.4 is 4.74 Å². The van der Waals surface area contributed by atoms with Crippen LogP contribution in [-0.4, -0.2) is 28.0 Å². The van der Waals surface area contributed by atoms with E-state index < -0.39 is 5.97 Å². The number of hydrogen-bond acceptors (Lipinski definition) is 3. The number of aromatic nitrogens is 2. The Kier molecular flexibility index (Phi) is 3.99. The van der Waals surface area contributed by atoms with Gasteiger partial charge in [0.25, 0.3) is 0 Å². The highest BCUT2D eigenvalue weighted by Gasteiger charge is 2.15. The number of halogens is 1. The fraction of sp³-hybridized carbons (Fsp3) is 0.286. The molecule has 0 atom stereocenters. The van der Waals surface area contributed by atoms with Crippen molar-refractivity contribution in [2.24, 2.45) is 7.05 Å². The molecule has 0 fully saturated rings. The van der Waals surface area contributed by atoms with Gasteiger partial charge in [0.05, 0.1) is 12.8 Å². The second-order valence-electron chi connectivity index (χ2n) is 4.34. The minimum absolute atomic E-state index is 0.00263. The topological polar surface area (TPSA) is 64.3 Å². The Morgan fingerprint density at radius 1 is 1.45 bits per heavy atom. The van der Waals surface area contributed by atoms with E-state index in [9.17, 15) is 4.79 Å². The van der Waals surface area contributed by atoms with Gasteiger partial charge < -0.3 is 9.84 Å². The lowest BCUT2D eigenvalue weighted by molar-refractivity contribution is 0.0689. The molecule has 0 aliphatic heterocycles. The minimum Gasteiger partial charge on any atom is -0.496 e. The number of carbonyl (C=O) groups is 1. The molecule has 2 rings (SSSR count). The zero-order chi connectivity index (χ0) is 14.9. The zero-order valence-corrected chi connectivity index (χ0v) is 12.2. The molecule has 0 saturated carbocycles. The molecule has 0 aliphatic carbocycles. The van der Waals surface area contributed by atoms with Gasteiger partial charge in [-0.25, -0.2) is 4.79 Å². The fourth-order valence-corrected chi connectivity index (χ4v) is 2.47. The van der Waals surface area contributed by atoms with Crippen LogP contribution in [0.25, 0.3) is 11.3 Å². The molecule has 1 aromatic carbocycles. The van der Waals surface area contributed by atoms with E-state index in [4.69, 9.17) is 21.4 Å². The number of benzene rings is 1. The van der Waals surface area contributed by atoms with E-state index in [0.29, 0.717) is 16.5 Å². The molecule has 2 aromatic rings. The van der Waals surface area contributed by atoms with E-state index >= 15 is 0 Å². The van der Waals surface area contributed by atoms with Crippen molar-refractivity contribution in [3.8, 4) is 17.0 Å². The second kappa shape index (κ2) is 5.54. The SMILES string of the molecule is CCc1c(Cl)cc(-c2cc(C(=O)O)nn2C)cc1OC. The molecule has 1 heterocycles. The number of nitrogens with zero attached hydrogens (tertiary/aromatic N) is 2. The Hall–Kier alpha value is -2.01. The van der Waals surface area contributed by atoms with Crippen LogP contribution in [0.1, 0.15) is 23.0 Å². The smallest absolute Gasteiger partial charge is 0.356 e. The molecule has 106 valence electrons. The van der Waals surface area contributed by atoms with Crippen LogP contribution >= 0.6 is 11.6 Å². The van der Waals surface area contributed by atoms with E-state index in [-0.39, 0.29) is 5.69 Å². The molecule has 1 N–H and O–H groups in total. The first kappa shape index (κ1) is 14.4. The predicted octanol–water partition coefficient (Wildman–Crippen LogP) is 3.01. The van der Waals surface area contributed by atoms with E-state index in [1.807, 2.05) is 13.0 Å². The monoisotopic (exact) mass is 294 g/mol. The van der Waals surface area contributed by atoms with Crippen molar-refractivity contribution in [3.05, 3.63) is 34.5 Å². The normalized spacial score (nSPS) is 10.6. The van der Waals surface area contributed by atoms with Gasteiger partial charge in [0, 0.05) is 23.2 Å². The molecular formula is C14H15ClN2O3. The number of aromatic carboxylic acids is 1. The van der Waals surface area contributed by atoms with Gasteiger partial charge in [0.2, 0.25) is 0 Å². The molecule has 0 bridgehead atoms. The van der Waals surface area contributed by atoms with E-state index in [0.717, 1.165) is 17.5 Å². The summed E-state index contributed by atoms with van der Waals surface area (Å²) in [6.07, 6.45) is 0.758. The van der Waals surface area contributed by atoms with Crippen molar-refractivity contribution in [1.82, 2.24) is 9.78 Å². The molecule has 0 saturated heterocycles. The number of methoxy groups -OCH3 is 1. The molecule has 5 nitrogen and oxygen atoms in total. The molecular weight excluding hydrogens is 280 g/mol. The third-order valence-corrected chi connectivity index (χ3v) is 3.46. The Bertz CT molecular complexity index is 665. The minimum atomic E-state index is -1.06. The molecule has 6 heteroatoms. The molecule has 20 heavy (non-hydrogen) atoms. The van der Waals surface area contributed by atoms with Crippen LogP contribution in [0, 0.1) is 0 Å². The maximum atomic E-state index is 11.0. The van der Waals surface area contributed by atoms with Gasteiger partial charge in [-0.3, -0.25) is 4.68 Å². The van der Waals surface area contributed by atoms with Crippen molar-refractivity contribution < 1.29 is 14.6 Å². The highest BCUT2D eigenvalue weighted by molar-refractivity contribution is 6.31. The number of rotatable bonds is 4. The van der Waals surface area contributed by atoms with E-state index in [1.165, 1.54) is 10.7 Å². The van der Waals surface area contributed by atoms with Gasteiger partial charge in [-0.2, -0.15) is 5.10 Å². The summed E-state index contributed by atoms with van der Waals surface area (Å²) in [5, 5.41) is 13.5. The molecule has 0 spiro atoms. The quantitative estimate of drug-likeness (QED) is 0.941. The van der Waals surface area contributed by atoms with Crippen LogP contribution in [0.2, 0.25) is 5.02 Å². The van der Waals surface area contributed by atoms with Crippen molar-refractivity contribution in [1.29, 1.82) is 0 Å². The molecule has 0 radical (unpaired) electrons. The van der Waals surface area contributed by atoms with E-state index in [2.05, 4.69) is 5.10 Å². The Balaban J connectivity index is 2.58. The third kappa shape index (κ3) is 2.49. The summed E-state index contributed by atoms with van der Waals surface area (Å²) in [7, 11) is 3.27. The lowest BCUT2D eigenvalue weighted by atomic mass is 10.1. The summed E-state index contributed by atoms with van der Waals surface area (Å²) >= 11 is 6.26. The fourth-order valence-electron chi connectivity index (χ4n) is 2.13. The summed E-state index contributed by atoms with van der Waals surface area (Å²) < 4.78 is 6.86. The Morgan fingerprint density at radius 2 is 2.15 bits per heavy atom. The summed E-state index contributed by atoms with van der Waals surface area (Å²) in [4.78, 5) is 11.0. The first-order valence-electron chi connectivity index (χ1n) is 6.12. The average molecular weight is 295 g/mol. The predicted molar refractivity (Wildman–Crippen MR) is 76.5 cm³/mol. The third-order valence-electron chi connectivity index (χ3n) is 3.12. The van der Waals surface area contributed by atoms with Crippen molar-refractivity contribution in [2.75, 3.05) is 7.11 Å². The lowest BCUT2D eigenvalue weighted by Crippen LogP contribution is -1.99. The van der Waals surface area contributed by atoms with Gasteiger partial charge >= 0.3 is 5.97 Å². The number of carboxylic acids is 1. The highest BCUT2D eigenvalue weighted by Crippen LogP contribution is 2.33. The van der Waals surface area contributed by atoms with Crippen LogP contribution in [0.3, 0.4) is 0 Å². The van der Waals surface area contributed by atoms with Crippen molar-refractivity contribution >= 4 is 17.6 Å². The summed E-state index contributed by atoms with van der Waals surface area (Å²) in [6, 6.07) is 5.15. The Labute approximate surface area is 121 Å².